The smallest absolute Gasteiger partial charge is 0.242 e. The number of hydrogen-bond acceptors (Lipinski definition) is 4. The Hall–Kier alpha value is -1.40. The zero-order valence-electron chi connectivity index (χ0n) is 11.3. The first-order chi connectivity index (χ1) is 8.86. The van der Waals surface area contributed by atoms with E-state index in [2.05, 4.69) is 5.32 Å². The summed E-state index contributed by atoms with van der Waals surface area (Å²) in [7, 11) is -2.07. The highest BCUT2D eigenvalue weighted by Gasteiger charge is 2.27. The summed E-state index contributed by atoms with van der Waals surface area (Å²) in [6.07, 6.45) is 0. The molecule has 1 aromatic carbocycles. The van der Waals surface area contributed by atoms with Gasteiger partial charge in [0.2, 0.25) is 5.91 Å². The number of amides is 1. The van der Waals surface area contributed by atoms with Gasteiger partial charge in [-0.3, -0.25) is 4.79 Å². The number of aryl methyl sites for hydroxylation is 1. The second-order valence-corrected chi connectivity index (χ2v) is 6.80. The number of carbonyl (C=O) groups excluding carboxylic acids is 1. The van der Waals surface area contributed by atoms with Crippen molar-refractivity contribution in [2.75, 3.05) is 24.8 Å². The molecule has 0 saturated carbocycles. The number of nitrogens with one attached hydrogen (secondary N) is 1. The lowest BCUT2D eigenvalue weighted by atomic mass is 10.2. The highest BCUT2D eigenvalue weighted by atomic mass is 32.2. The van der Waals surface area contributed by atoms with Crippen LogP contribution in [0.3, 0.4) is 0 Å². The van der Waals surface area contributed by atoms with E-state index in [0.29, 0.717) is 5.69 Å². The summed E-state index contributed by atoms with van der Waals surface area (Å²) in [4.78, 5) is 11.9. The zero-order valence-corrected chi connectivity index (χ0v) is 12.2. The van der Waals surface area contributed by atoms with E-state index in [1.807, 2.05) is 13.0 Å². The van der Waals surface area contributed by atoms with Crippen molar-refractivity contribution in [2.24, 2.45) is 0 Å². The third kappa shape index (κ3) is 4.65. The molecule has 0 saturated heterocycles. The van der Waals surface area contributed by atoms with Crippen molar-refractivity contribution in [3.05, 3.63) is 29.8 Å². The number of ether oxygens (including phenoxy) is 1. The van der Waals surface area contributed by atoms with Crippen LogP contribution >= 0.6 is 0 Å². The van der Waals surface area contributed by atoms with E-state index >= 15 is 0 Å². The molecule has 0 heterocycles. The second kappa shape index (κ2) is 6.68. The lowest BCUT2D eigenvalue weighted by Gasteiger charge is -2.13. The Morgan fingerprint density at radius 2 is 2.11 bits per heavy atom. The van der Waals surface area contributed by atoms with Crippen LogP contribution in [0.25, 0.3) is 0 Å². The molecule has 1 aromatic rings. The van der Waals surface area contributed by atoms with E-state index in [-0.39, 0.29) is 12.4 Å². The van der Waals surface area contributed by atoms with Gasteiger partial charge in [0.1, 0.15) is 5.25 Å². The summed E-state index contributed by atoms with van der Waals surface area (Å²) < 4.78 is 28.4. The molecule has 1 amide bonds. The fourth-order valence-corrected chi connectivity index (χ4v) is 2.64. The highest BCUT2D eigenvalue weighted by molar-refractivity contribution is 7.92. The van der Waals surface area contributed by atoms with Crippen LogP contribution in [-0.2, 0) is 19.4 Å². The minimum absolute atomic E-state index is 0.0877. The Morgan fingerprint density at radius 1 is 1.42 bits per heavy atom. The van der Waals surface area contributed by atoms with Gasteiger partial charge in [-0.05, 0) is 31.5 Å². The molecule has 6 heteroatoms. The number of methoxy groups -OCH3 is 1. The maximum Gasteiger partial charge on any atom is 0.242 e. The van der Waals surface area contributed by atoms with E-state index in [4.69, 9.17) is 4.74 Å². The summed E-state index contributed by atoms with van der Waals surface area (Å²) in [5, 5.41) is 1.51. The van der Waals surface area contributed by atoms with Gasteiger partial charge in [0.05, 0.1) is 12.4 Å². The molecule has 1 rings (SSSR count). The molecule has 0 bridgehead atoms. The van der Waals surface area contributed by atoms with Crippen LogP contribution in [0.1, 0.15) is 12.5 Å². The van der Waals surface area contributed by atoms with Gasteiger partial charge in [-0.1, -0.05) is 12.1 Å². The van der Waals surface area contributed by atoms with E-state index < -0.39 is 21.0 Å². The average Bonchev–Trinajstić information content (AvgIpc) is 2.35. The number of anilines is 1. The summed E-state index contributed by atoms with van der Waals surface area (Å²) in [5.41, 5.74) is 1.59. The molecule has 19 heavy (non-hydrogen) atoms. The number of benzene rings is 1. The first kappa shape index (κ1) is 15.7. The molecule has 0 aliphatic rings. The molecule has 1 N–H and O–H groups in total. The van der Waals surface area contributed by atoms with Crippen molar-refractivity contribution in [1.29, 1.82) is 0 Å². The monoisotopic (exact) mass is 285 g/mol. The standard InChI is InChI=1S/C13H19NO4S/c1-10-5-4-6-12(9-10)14-13(15)11(2)19(16,17)8-7-18-3/h4-6,9,11H,7-8H2,1-3H3,(H,14,15)/t11-/m1/s1. The predicted molar refractivity (Wildman–Crippen MR) is 74.9 cm³/mol. The predicted octanol–water partition coefficient (Wildman–Crippen LogP) is 1.38. The number of sulfone groups is 1. The highest BCUT2D eigenvalue weighted by Crippen LogP contribution is 2.12. The zero-order chi connectivity index (χ0) is 14.5. The summed E-state index contributed by atoms with van der Waals surface area (Å²) >= 11 is 0. The van der Waals surface area contributed by atoms with Crippen molar-refractivity contribution < 1.29 is 17.9 Å². The van der Waals surface area contributed by atoms with Crippen LogP contribution in [0.15, 0.2) is 24.3 Å². The second-order valence-electron chi connectivity index (χ2n) is 4.36. The minimum Gasteiger partial charge on any atom is -0.384 e. The van der Waals surface area contributed by atoms with Gasteiger partial charge >= 0.3 is 0 Å². The first-order valence-electron chi connectivity index (χ1n) is 5.95. The molecule has 0 radical (unpaired) electrons. The quantitative estimate of drug-likeness (QED) is 0.857. The van der Waals surface area contributed by atoms with Crippen LogP contribution in [0.4, 0.5) is 5.69 Å². The summed E-state index contributed by atoms with van der Waals surface area (Å²) in [6.45, 7) is 3.37. The first-order valence-corrected chi connectivity index (χ1v) is 7.66. The van der Waals surface area contributed by atoms with E-state index in [0.717, 1.165) is 5.56 Å². The molecule has 0 aliphatic carbocycles. The van der Waals surface area contributed by atoms with Crippen LogP contribution in [0.2, 0.25) is 0 Å². The van der Waals surface area contributed by atoms with Crippen LogP contribution in [-0.4, -0.2) is 39.0 Å². The third-order valence-corrected chi connectivity index (χ3v) is 4.79. The molecule has 1 atom stereocenters. The van der Waals surface area contributed by atoms with Gasteiger partial charge in [-0.25, -0.2) is 8.42 Å². The summed E-state index contributed by atoms with van der Waals surface area (Å²) in [6, 6.07) is 7.20. The molecule has 0 aromatic heterocycles. The molecule has 0 fully saturated rings. The Kier molecular flexibility index (Phi) is 5.50. The van der Waals surface area contributed by atoms with E-state index in [1.165, 1.54) is 14.0 Å². The number of carbonyl (C=O) groups is 1. The Balaban J connectivity index is 2.72. The fourth-order valence-electron chi connectivity index (χ4n) is 1.51. The van der Waals surface area contributed by atoms with Crippen molar-refractivity contribution in [3.63, 3.8) is 0 Å². The molecule has 5 nitrogen and oxygen atoms in total. The minimum atomic E-state index is -3.49. The summed E-state index contributed by atoms with van der Waals surface area (Å²) in [5.74, 6) is -0.687. The maximum atomic E-state index is 11.9. The molecular formula is C13H19NO4S. The van der Waals surface area contributed by atoms with Gasteiger partial charge in [-0.15, -0.1) is 0 Å². The van der Waals surface area contributed by atoms with Gasteiger partial charge in [0, 0.05) is 12.8 Å². The lowest BCUT2D eigenvalue weighted by molar-refractivity contribution is -0.115. The SMILES string of the molecule is COCCS(=O)(=O)[C@H](C)C(=O)Nc1cccc(C)c1. The van der Waals surface area contributed by atoms with Crippen molar-refractivity contribution in [3.8, 4) is 0 Å². The van der Waals surface area contributed by atoms with Crippen LogP contribution in [0, 0.1) is 6.92 Å². The average molecular weight is 285 g/mol. The van der Waals surface area contributed by atoms with Crippen molar-refractivity contribution >= 4 is 21.4 Å². The Bertz CT molecular complexity index is 539. The maximum absolute atomic E-state index is 11.9. The molecule has 0 aliphatic heterocycles. The lowest BCUT2D eigenvalue weighted by Crippen LogP contribution is -2.35. The number of hydrogen-bond donors (Lipinski definition) is 1. The number of rotatable bonds is 6. The molecular weight excluding hydrogens is 266 g/mol. The Morgan fingerprint density at radius 3 is 2.68 bits per heavy atom. The molecule has 106 valence electrons. The topological polar surface area (TPSA) is 72.5 Å². The Labute approximate surface area is 113 Å². The van der Waals surface area contributed by atoms with Gasteiger partial charge in [-0.2, -0.15) is 0 Å². The third-order valence-electron chi connectivity index (χ3n) is 2.77. The van der Waals surface area contributed by atoms with Crippen LogP contribution < -0.4 is 5.32 Å². The van der Waals surface area contributed by atoms with Crippen LogP contribution in [0.5, 0.6) is 0 Å². The fraction of sp³-hybridized carbons (Fsp3) is 0.462. The largest absolute Gasteiger partial charge is 0.384 e. The van der Waals surface area contributed by atoms with Gasteiger partial charge in [0.15, 0.2) is 9.84 Å². The van der Waals surface area contributed by atoms with E-state index in [1.54, 1.807) is 18.2 Å². The van der Waals surface area contributed by atoms with Gasteiger partial charge < -0.3 is 10.1 Å². The normalized spacial score (nSPS) is 13.0. The van der Waals surface area contributed by atoms with Crippen molar-refractivity contribution in [1.82, 2.24) is 0 Å². The molecule has 0 spiro atoms. The van der Waals surface area contributed by atoms with Gasteiger partial charge in [0.25, 0.3) is 0 Å². The van der Waals surface area contributed by atoms with E-state index in [9.17, 15) is 13.2 Å². The van der Waals surface area contributed by atoms with Crippen molar-refractivity contribution in [2.45, 2.75) is 19.1 Å². The molecule has 0 unspecified atom stereocenters.